The van der Waals surface area contributed by atoms with E-state index >= 15 is 0 Å². The van der Waals surface area contributed by atoms with Gasteiger partial charge in [-0.15, -0.1) is 34.3 Å². The number of thiophene rings is 1. The molecular formula is C13H9ClN2OS2. The number of amides is 1. The summed E-state index contributed by atoms with van der Waals surface area (Å²) in [5.41, 5.74) is 0.776. The van der Waals surface area contributed by atoms with E-state index in [4.69, 9.17) is 11.6 Å². The van der Waals surface area contributed by atoms with Gasteiger partial charge in [-0.1, -0.05) is 18.2 Å². The molecule has 0 radical (unpaired) electrons. The van der Waals surface area contributed by atoms with Crippen molar-refractivity contribution in [3.8, 4) is 0 Å². The topological polar surface area (TPSA) is 42.0 Å². The lowest BCUT2D eigenvalue weighted by Crippen LogP contribution is -2.09. The van der Waals surface area contributed by atoms with Crippen molar-refractivity contribution in [1.29, 1.82) is 0 Å². The van der Waals surface area contributed by atoms with Gasteiger partial charge in [-0.2, -0.15) is 0 Å². The van der Waals surface area contributed by atoms with Crippen LogP contribution in [0.15, 0.2) is 35.7 Å². The van der Waals surface area contributed by atoms with Gasteiger partial charge >= 0.3 is 0 Å². The van der Waals surface area contributed by atoms with Crippen molar-refractivity contribution in [1.82, 2.24) is 4.98 Å². The Bertz CT molecular complexity index is 702. The van der Waals surface area contributed by atoms with Gasteiger partial charge in [0, 0.05) is 10.1 Å². The van der Waals surface area contributed by atoms with Gasteiger partial charge in [-0.25, -0.2) is 4.98 Å². The van der Waals surface area contributed by atoms with Gasteiger partial charge < -0.3 is 0 Å². The first-order valence-electron chi connectivity index (χ1n) is 5.56. The van der Waals surface area contributed by atoms with Crippen LogP contribution in [0, 0.1) is 0 Å². The fraction of sp³-hybridized carbons (Fsp3) is 0.0769. The number of aromatic nitrogens is 1. The molecule has 0 bridgehead atoms. The number of benzene rings is 1. The van der Waals surface area contributed by atoms with Crippen molar-refractivity contribution in [2.45, 2.75) is 5.88 Å². The van der Waals surface area contributed by atoms with Gasteiger partial charge in [0.2, 0.25) is 0 Å². The number of alkyl halides is 1. The standard InChI is InChI=1S/C13H9ClN2OS2/c14-6-9-7-18-13(15-9)16-12(17)11-5-8-3-1-2-4-10(8)19-11/h1-5,7H,6H2,(H,15,16,17). The van der Waals surface area contributed by atoms with Crippen molar-refractivity contribution in [3.63, 3.8) is 0 Å². The summed E-state index contributed by atoms with van der Waals surface area (Å²) in [6.07, 6.45) is 0. The SMILES string of the molecule is O=C(Nc1nc(CCl)cs1)c1cc2ccccc2s1. The molecule has 1 aromatic carbocycles. The fourth-order valence-corrected chi connectivity index (χ4v) is 3.57. The maximum Gasteiger partial charge on any atom is 0.267 e. The fourth-order valence-electron chi connectivity index (χ4n) is 1.68. The van der Waals surface area contributed by atoms with Crippen molar-refractivity contribution in [2.24, 2.45) is 0 Å². The summed E-state index contributed by atoms with van der Waals surface area (Å²) in [6.45, 7) is 0. The summed E-state index contributed by atoms with van der Waals surface area (Å²) >= 11 is 8.54. The lowest BCUT2D eigenvalue weighted by atomic mass is 10.2. The first-order valence-corrected chi connectivity index (χ1v) is 7.79. The molecule has 19 heavy (non-hydrogen) atoms. The molecule has 1 amide bonds. The van der Waals surface area contributed by atoms with Crippen LogP contribution in [0.1, 0.15) is 15.4 Å². The Kier molecular flexibility index (Phi) is 3.50. The Hall–Kier alpha value is -1.43. The molecule has 2 heterocycles. The molecule has 0 aliphatic carbocycles. The van der Waals surface area contributed by atoms with Crippen LogP contribution in [0.25, 0.3) is 10.1 Å². The number of fused-ring (bicyclic) bond motifs is 1. The predicted octanol–water partition coefficient (Wildman–Crippen LogP) is 4.35. The Balaban J connectivity index is 1.83. The number of anilines is 1. The van der Waals surface area contributed by atoms with E-state index in [1.807, 2.05) is 35.7 Å². The van der Waals surface area contributed by atoms with E-state index in [9.17, 15) is 4.79 Å². The molecule has 3 nitrogen and oxygen atoms in total. The van der Waals surface area contributed by atoms with E-state index in [-0.39, 0.29) is 5.91 Å². The van der Waals surface area contributed by atoms with Gasteiger partial charge in [0.1, 0.15) is 0 Å². The van der Waals surface area contributed by atoms with Crippen LogP contribution in [0.5, 0.6) is 0 Å². The molecule has 0 aliphatic rings. The van der Waals surface area contributed by atoms with E-state index in [1.54, 1.807) is 0 Å². The second-order valence-electron chi connectivity index (χ2n) is 3.88. The number of nitrogens with zero attached hydrogens (tertiary/aromatic N) is 1. The molecular weight excluding hydrogens is 300 g/mol. The summed E-state index contributed by atoms with van der Waals surface area (Å²) < 4.78 is 1.10. The van der Waals surface area contributed by atoms with Gasteiger partial charge in [0.15, 0.2) is 5.13 Å². The first-order chi connectivity index (χ1) is 9.26. The average Bonchev–Trinajstić information content (AvgIpc) is 3.04. The maximum atomic E-state index is 12.1. The smallest absolute Gasteiger partial charge is 0.267 e. The molecule has 0 atom stereocenters. The lowest BCUT2D eigenvalue weighted by molar-refractivity contribution is 0.103. The highest BCUT2D eigenvalue weighted by molar-refractivity contribution is 7.21. The van der Waals surface area contributed by atoms with Crippen LogP contribution in [0.2, 0.25) is 0 Å². The van der Waals surface area contributed by atoms with Crippen LogP contribution in [-0.4, -0.2) is 10.9 Å². The molecule has 3 rings (SSSR count). The molecule has 0 saturated heterocycles. The number of hydrogen-bond acceptors (Lipinski definition) is 4. The zero-order chi connectivity index (χ0) is 13.2. The van der Waals surface area contributed by atoms with Crippen LogP contribution in [0.4, 0.5) is 5.13 Å². The molecule has 2 aromatic heterocycles. The van der Waals surface area contributed by atoms with Gasteiger partial charge in [0.25, 0.3) is 5.91 Å². The zero-order valence-corrected chi connectivity index (χ0v) is 12.1. The Labute approximate surface area is 122 Å². The zero-order valence-electron chi connectivity index (χ0n) is 9.72. The van der Waals surface area contributed by atoms with Crippen molar-refractivity contribution in [2.75, 3.05) is 5.32 Å². The second kappa shape index (κ2) is 5.28. The molecule has 1 N–H and O–H groups in total. The molecule has 3 aromatic rings. The van der Waals surface area contributed by atoms with Crippen molar-refractivity contribution < 1.29 is 4.79 Å². The van der Waals surface area contributed by atoms with E-state index in [2.05, 4.69) is 10.3 Å². The second-order valence-corrected chi connectivity index (χ2v) is 6.09. The molecule has 0 spiro atoms. The van der Waals surface area contributed by atoms with Crippen LogP contribution >= 0.6 is 34.3 Å². The Morgan fingerprint density at radius 3 is 2.95 bits per heavy atom. The number of hydrogen-bond donors (Lipinski definition) is 1. The normalized spacial score (nSPS) is 10.8. The number of nitrogens with one attached hydrogen (secondary N) is 1. The third kappa shape index (κ3) is 2.63. The molecule has 0 aliphatic heterocycles. The monoisotopic (exact) mass is 308 g/mol. The third-order valence-electron chi connectivity index (χ3n) is 2.56. The van der Waals surface area contributed by atoms with E-state index < -0.39 is 0 Å². The van der Waals surface area contributed by atoms with E-state index in [1.165, 1.54) is 22.7 Å². The number of halogens is 1. The lowest BCUT2D eigenvalue weighted by Gasteiger charge is -1.97. The summed E-state index contributed by atoms with van der Waals surface area (Å²) in [5.74, 6) is 0.228. The van der Waals surface area contributed by atoms with Crippen molar-refractivity contribution >= 4 is 55.4 Å². The van der Waals surface area contributed by atoms with Crippen LogP contribution in [-0.2, 0) is 5.88 Å². The number of carbonyl (C=O) groups excluding carboxylic acids is 1. The minimum atomic E-state index is -0.128. The Morgan fingerprint density at radius 2 is 2.21 bits per heavy atom. The Morgan fingerprint density at radius 1 is 1.37 bits per heavy atom. The molecule has 0 unspecified atom stereocenters. The molecule has 96 valence electrons. The van der Waals surface area contributed by atoms with Crippen LogP contribution < -0.4 is 5.32 Å². The minimum absolute atomic E-state index is 0.128. The molecule has 0 fully saturated rings. The largest absolute Gasteiger partial charge is 0.297 e. The third-order valence-corrected chi connectivity index (χ3v) is 4.75. The molecule has 6 heteroatoms. The summed E-state index contributed by atoms with van der Waals surface area (Å²) in [4.78, 5) is 17.0. The summed E-state index contributed by atoms with van der Waals surface area (Å²) in [6, 6.07) is 9.83. The van der Waals surface area contributed by atoms with Gasteiger partial charge in [0.05, 0.1) is 16.5 Å². The first kappa shape index (κ1) is 12.6. The van der Waals surface area contributed by atoms with Crippen LogP contribution in [0.3, 0.4) is 0 Å². The van der Waals surface area contributed by atoms with Gasteiger partial charge in [-0.3, -0.25) is 10.1 Å². The predicted molar refractivity (Wildman–Crippen MR) is 81.4 cm³/mol. The van der Waals surface area contributed by atoms with E-state index in [0.717, 1.165) is 15.8 Å². The number of thiazole rings is 1. The summed E-state index contributed by atoms with van der Waals surface area (Å²) in [7, 11) is 0. The highest BCUT2D eigenvalue weighted by atomic mass is 35.5. The van der Waals surface area contributed by atoms with Crippen molar-refractivity contribution in [3.05, 3.63) is 46.3 Å². The highest BCUT2D eigenvalue weighted by Gasteiger charge is 2.12. The minimum Gasteiger partial charge on any atom is -0.297 e. The highest BCUT2D eigenvalue weighted by Crippen LogP contribution is 2.26. The average molecular weight is 309 g/mol. The van der Waals surface area contributed by atoms with Gasteiger partial charge in [-0.05, 0) is 17.5 Å². The summed E-state index contributed by atoms with van der Waals surface area (Å²) in [5, 5.41) is 6.30. The number of rotatable bonds is 3. The number of carbonyl (C=O) groups is 1. The van der Waals surface area contributed by atoms with E-state index in [0.29, 0.717) is 15.9 Å². The quantitative estimate of drug-likeness (QED) is 0.731. The maximum absolute atomic E-state index is 12.1. The molecule has 0 saturated carbocycles.